The number of nitro groups is 1. The molecular formula is C15H11ClN2O6. The number of carbonyl (C=O) groups excluding carboxylic acids is 1. The topological polar surface area (TPSA) is 119 Å². The number of ether oxygens (including phenoxy) is 1. The molecule has 0 saturated carbocycles. The molecule has 1 amide bonds. The Hall–Kier alpha value is -3.13. The van der Waals surface area contributed by atoms with Crippen LogP contribution in [0.4, 0.5) is 11.4 Å². The van der Waals surface area contributed by atoms with Crippen molar-refractivity contribution < 1.29 is 24.4 Å². The third-order valence-corrected chi connectivity index (χ3v) is 3.22. The number of carboxylic acids is 1. The summed E-state index contributed by atoms with van der Waals surface area (Å²) in [5.74, 6) is -1.79. The Morgan fingerprint density at radius 3 is 2.58 bits per heavy atom. The van der Waals surface area contributed by atoms with Gasteiger partial charge in [-0.2, -0.15) is 0 Å². The number of hydrogen-bond donors (Lipinski definition) is 2. The minimum absolute atomic E-state index is 0.0279. The number of aromatic carboxylic acids is 1. The molecule has 2 aromatic carbocycles. The number of rotatable bonds is 6. The molecule has 124 valence electrons. The van der Waals surface area contributed by atoms with Gasteiger partial charge < -0.3 is 15.2 Å². The molecule has 9 heteroatoms. The zero-order valence-corrected chi connectivity index (χ0v) is 12.8. The van der Waals surface area contributed by atoms with Gasteiger partial charge in [-0.3, -0.25) is 14.9 Å². The fourth-order valence-electron chi connectivity index (χ4n) is 1.84. The molecule has 0 fully saturated rings. The Kier molecular flexibility index (Phi) is 5.33. The second-order valence-corrected chi connectivity index (χ2v) is 4.97. The van der Waals surface area contributed by atoms with Crippen molar-refractivity contribution in [2.75, 3.05) is 11.9 Å². The van der Waals surface area contributed by atoms with Gasteiger partial charge in [-0.1, -0.05) is 23.7 Å². The van der Waals surface area contributed by atoms with Crippen LogP contribution in [-0.2, 0) is 4.79 Å². The number of para-hydroxylation sites is 2. The van der Waals surface area contributed by atoms with E-state index in [9.17, 15) is 19.7 Å². The number of amides is 1. The van der Waals surface area contributed by atoms with Crippen LogP contribution in [-0.4, -0.2) is 28.5 Å². The van der Waals surface area contributed by atoms with Gasteiger partial charge in [0.2, 0.25) is 0 Å². The van der Waals surface area contributed by atoms with E-state index in [1.807, 2.05) is 0 Å². The SMILES string of the molecule is O=C(COc1ccccc1[N+](=O)[O-])Nc1ccc(C(=O)O)c(Cl)c1. The highest BCUT2D eigenvalue weighted by Crippen LogP contribution is 2.26. The fraction of sp³-hybridized carbons (Fsp3) is 0.0667. The summed E-state index contributed by atoms with van der Waals surface area (Å²) >= 11 is 5.80. The Labute approximate surface area is 140 Å². The van der Waals surface area contributed by atoms with E-state index in [1.165, 1.54) is 36.4 Å². The van der Waals surface area contributed by atoms with Crippen LogP contribution in [0.2, 0.25) is 5.02 Å². The first-order valence-corrected chi connectivity index (χ1v) is 6.95. The highest BCUT2D eigenvalue weighted by atomic mass is 35.5. The van der Waals surface area contributed by atoms with E-state index in [0.29, 0.717) is 0 Å². The summed E-state index contributed by atoms with van der Waals surface area (Å²) < 4.78 is 5.14. The average Bonchev–Trinajstić information content (AvgIpc) is 2.52. The zero-order valence-electron chi connectivity index (χ0n) is 12.1. The minimum atomic E-state index is -1.18. The maximum Gasteiger partial charge on any atom is 0.337 e. The quantitative estimate of drug-likeness (QED) is 0.610. The van der Waals surface area contributed by atoms with E-state index in [0.717, 1.165) is 0 Å². The van der Waals surface area contributed by atoms with Gasteiger partial charge in [-0.05, 0) is 24.3 Å². The Balaban J connectivity index is 2.01. The van der Waals surface area contributed by atoms with Gasteiger partial charge in [0, 0.05) is 11.8 Å². The molecule has 2 aromatic rings. The Morgan fingerprint density at radius 2 is 1.96 bits per heavy atom. The van der Waals surface area contributed by atoms with Crippen LogP contribution in [0.3, 0.4) is 0 Å². The number of carbonyl (C=O) groups is 2. The molecule has 0 radical (unpaired) electrons. The van der Waals surface area contributed by atoms with E-state index >= 15 is 0 Å². The molecule has 8 nitrogen and oxygen atoms in total. The maximum absolute atomic E-state index is 11.8. The summed E-state index contributed by atoms with van der Waals surface area (Å²) in [5.41, 5.74) is -0.0638. The van der Waals surface area contributed by atoms with Crippen molar-refractivity contribution >= 4 is 34.9 Å². The van der Waals surface area contributed by atoms with Gasteiger partial charge >= 0.3 is 11.7 Å². The van der Waals surface area contributed by atoms with Crippen molar-refractivity contribution in [2.45, 2.75) is 0 Å². The van der Waals surface area contributed by atoms with Crippen LogP contribution in [0.5, 0.6) is 5.75 Å². The van der Waals surface area contributed by atoms with Gasteiger partial charge in [0.25, 0.3) is 5.91 Å². The van der Waals surface area contributed by atoms with Gasteiger partial charge in [0.1, 0.15) is 0 Å². The van der Waals surface area contributed by atoms with Crippen molar-refractivity contribution in [3.05, 3.63) is 63.2 Å². The van der Waals surface area contributed by atoms with E-state index in [1.54, 1.807) is 6.07 Å². The molecule has 0 atom stereocenters. The van der Waals surface area contributed by atoms with Gasteiger partial charge in [-0.15, -0.1) is 0 Å². The van der Waals surface area contributed by atoms with Crippen molar-refractivity contribution in [3.8, 4) is 5.75 Å². The molecule has 2 rings (SSSR count). The third-order valence-electron chi connectivity index (χ3n) is 2.90. The van der Waals surface area contributed by atoms with Gasteiger partial charge in [0.15, 0.2) is 12.4 Å². The lowest BCUT2D eigenvalue weighted by atomic mass is 10.2. The molecule has 0 unspecified atom stereocenters. The van der Waals surface area contributed by atoms with E-state index in [4.69, 9.17) is 21.4 Å². The van der Waals surface area contributed by atoms with Crippen LogP contribution in [0.15, 0.2) is 42.5 Å². The first kappa shape index (κ1) is 17.2. The predicted octanol–water partition coefficient (Wildman–Crippen LogP) is 2.96. The van der Waals surface area contributed by atoms with E-state index in [-0.39, 0.29) is 27.7 Å². The monoisotopic (exact) mass is 350 g/mol. The normalized spacial score (nSPS) is 10.0. The molecule has 0 spiro atoms. The first-order valence-electron chi connectivity index (χ1n) is 6.57. The summed E-state index contributed by atoms with van der Waals surface area (Å²) in [6.45, 7) is -0.455. The van der Waals surface area contributed by atoms with Crippen LogP contribution in [0.1, 0.15) is 10.4 Å². The van der Waals surface area contributed by atoms with Crippen LogP contribution >= 0.6 is 11.6 Å². The number of benzene rings is 2. The number of nitro benzene ring substituents is 1. The number of halogens is 1. The summed E-state index contributed by atoms with van der Waals surface area (Å²) in [6, 6.07) is 9.58. The smallest absolute Gasteiger partial charge is 0.337 e. The highest BCUT2D eigenvalue weighted by Gasteiger charge is 2.15. The lowest BCUT2D eigenvalue weighted by molar-refractivity contribution is -0.385. The maximum atomic E-state index is 11.8. The molecule has 0 bridgehead atoms. The van der Waals surface area contributed by atoms with Crippen molar-refractivity contribution in [2.24, 2.45) is 0 Å². The molecule has 0 aromatic heterocycles. The Bertz CT molecular complexity index is 808. The minimum Gasteiger partial charge on any atom is -0.478 e. The van der Waals surface area contributed by atoms with Crippen LogP contribution in [0, 0.1) is 10.1 Å². The number of nitrogens with one attached hydrogen (secondary N) is 1. The number of anilines is 1. The summed E-state index contributed by atoms with van der Waals surface area (Å²) in [5, 5.41) is 22.1. The predicted molar refractivity (Wildman–Crippen MR) is 85.6 cm³/mol. The zero-order chi connectivity index (χ0) is 17.7. The second-order valence-electron chi connectivity index (χ2n) is 4.56. The Morgan fingerprint density at radius 1 is 1.25 bits per heavy atom. The number of carboxylic acid groups (broad SMARTS) is 1. The van der Waals surface area contributed by atoms with E-state index < -0.39 is 23.4 Å². The third kappa shape index (κ3) is 4.20. The second kappa shape index (κ2) is 7.42. The molecule has 0 aliphatic heterocycles. The van der Waals surface area contributed by atoms with Gasteiger partial charge in [0.05, 0.1) is 15.5 Å². The lowest BCUT2D eigenvalue weighted by Gasteiger charge is -2.08. The largest absolute Gasteiger partial charge is 0.478 e. The highest BCUT2D eigenvalue weighted by molar-refractivity contribution is 6.33. The van der Waals surface area contributed by atoms with Crippen LogP contribution < -0.4 is 10.1 Å². The standard InChI is InChI=1S/C15H11ClN2O6/c16-11-7-9(5-6-10(11)15(20)21)17-14(19)8-24-13-4-2-1-3-12(13)18(22)23/h1-7H,8H2,(H,17,19)(H,20,21). The molecule has 2 N–H and O–H groups in total. The molecule has 0 heterocycles. The molecule has 0 aliphatic carbocycles. The average molecular weight is 351 g/mol. The van der Waals surface area contributed by atoms with Gasteiger partial charge in [-0.25, -0.2) is 4.79 Å². The number of hydrogen-bond acceptors (Lipinski definition) is 5. The molecule has 0 saturated heterocycles. The summed E-state index contributed by atoms with van der Waals surface area (Å²) in [7, 11) is 0. The van der Waals surface area contributed by atoms with E-state index in [2.05, 4.69) is 5.32 Å². The van der Waals surface area contributed by atoms with Crippen LogP contribution in [0.25, 0.3) is 0 Å². The van der Waals surface area contributed by atoms with Crippen molar-refractivity contribution in [3.63, 3.8) is 0 Å². The van der Waals surface area contributed by atoms with Crippen molar-refractivity contribution in [1.29, 1.82) is 0 Å². The molecule has 24 heavy (non-hydrogen) atoms. The lowest BCUT2D eigenvalue weighted by Crippen LogP contribution is -2.20. The summed E-state index contributed by atoms with van der Waals surface area (Å²) in [6.07, 6.45) is 0. The fourth-order valence-corrected chi connectivity index (χ4v) is 2.10. The number of nitrogens with zero attached hydrogens (tertiary/aromatic N) is 1. The summed E-state index contributed by atoms with van der Waals surface area (Å²) in [4.78, 5) is 32.9. The first-order chi connectivity index (χ1) is 11.4. The molecular weight excluding hydrogens is 340 g/mol. The molecule has 0 aliphatic rings. The van der Waals surface area contributed by atoms with Crippen molar-refractivity contribution in [1.82, 2.24) is 0 Å².